The molecule has 0 saturated heterocycles. The largest absolute Gasteiger partial charge is 0.288 e. The molecular weight excluding hydrogens is 292 g/mol. The number of non-ortho nitro benzene ring substituents is 1. The Morgan fingerprint density at radius 2 is 1.71 bits per heavy atom. The maximum Gasteiger partial charge on any atom is 0.269 e. The van der Waals surface area contributed by atoms with Gasteiger partial charge in [0.05, 0.1) is 15.0 Å². The average Bonchev–Trinajstić information content (AvgIpc) is 2.53. The first kappa shape index (κ1) is 11.5. The molecule has 1 aromatic rings. The second-order valence-corrected chi connectivity index (χ2v) is 4.07. The maximum atomic E-state index is 11.5. The number of nitro benzene ring substituents is 1. The zero-order valence-electron chi connectivity index (χ0n) is 8.27. The van der Waals surface area contributed by atoms with Gasteiger partial charge in [0, 0.05) is 12.1 Å². The van der Waals surface area contributed by atoms with E-state index < -0.39 is 16.7 Å². The van der Waals surface area contributed by atoms with E-state index in [1.807, 2.05) is 0 Å². The van der Waals surface area contributed by atoms with Gasteiger partial charge < -0.3 is 0 Å². The number of benzene rings is 1. The van der Waals surface area contributed by atoms with E-state index in [0.29, 0.717) is 5.56 Å². The van der Waals surface area contributed by atoms with Crippen molar-refractivity contribution in [2.75, 3.05) is 0 Å². The van der Waals surface area contributed by atoms with E-state index >= 15 is 0 Å². The fourth-order valence-corrected chi connectivity index (χ4v) is 1.95. The highest BCUT2D eigenvalue weighted by Gasteiger charge is 2.29. The topological polar surface area (TPSA) is 89.3 Å². The first-order valence-corrected chi connectivity index (χ1v) is 5.30. The van der Waals surface area contributed by atoms with Crippen LogP contribution < -0.4 is 5.32 Å². The van der Waals surface area contributed by atoms with Crippen LogP contribution in [-0.4, -0.2) is 16.7 Å². The van der Waals surface area contributed by atoms with E-state index in [0.717, 1.165) is 0 Å². The highest BCUT2D eigenvalue weighted by molar-refractivity contribution is 9.12. The molecule has 0 bridgehead atoms. The second kappa shape index (κ2) is 4.10. The monoisotopic (exact) mass is 296 g/mol. The number of carbonyl (C=O) groups is 2. The Labute approximate surface area is 104 Å². The zero-order chi connectivity index (χ0) is 12.6. The van der Waals surface area contributed by atoms with Gasteiger partial charge in [-0.05, 0) is 33.6 Å². The Hall–Kier alpha value is -2.02. The molecule has 0 saturated carbocycles. The first-order valence-electron chi connectivity index (χ1n) is 4.51. The van der Waals surface area contributed by atoms with Crippen LogP contribution >= 0.6 is 15.9 Å². The van der Waals surface area contributed by atoms with Crippen LogP contribution in [0.15, 0.2) is 28.7 Å². The number of carbonyl (C=O) groups excluding carboxylic acids is 2. The first-order chi connectivity index (χ1) is 8.00. The van der Waals surface area contributed by atoms with Gasteiger partial charge in [0.25, 0.3) is 17.5 Å². The van der Waals surface area contributed by atoms with Crippen molar-refractivity contribution in [3.63, 3.8) is 0 Å². The van der Waals surface area contributed by atoms with Gasteiger partial charge in [0.15, 0.2) is 0 Å². The van der Waals surface area contributed by atoms with Crippen molar-refractivity contribution in [1.29, 1.82) is 0 Å². The van der Waals surface area contributed by atoms with Crippen LogP contribution in [0.1, 0.15) is 5.56 Å². The van der Waals surface area contributed by atoms with Gasteiger partial charge in [0.1, 0.15) is 0 Å². The van der Waals surface area contributed by atoms with Crippen LogP contribution in [0.5, 0.6) is 0 Å². The zero-order valence-corrected chi connectivity index (χ0v) is 9.85. The van der Waals surface area contributed by atoms with Crippen molar-refractivity contribution in [3.05, 3.63) is 44.4 Å². The van der Waals surface area contributed by atoms with Gasteiger partial charge in [-0.2, -0.15) is 0 Å². The van der Waals surface area contributed by atoms with E-state index in [1.54, 1.807) is 0 Å². The molecule has 0 aromatic heterocycles. The maximum absolute atomic E-state index is 11.5. The molecule has 1 aliphatic rings. The lowest BCUT2D eigenvalue weighted by atomic mass is 10.1. The van der Waals surface area contributed by atoms with Crippen LogP contribution in [0.2, 0.25) is 0 Å². The Bertz CT molecular complexity index is 562. The number of hydrogen-bond acceptors (Lipinski definition) is 4. The lowest BCUT2D eigenvalue weighted by molar-refractivity contribution is -0.384. The molecule has 2 rings (SSSR count). The van der Waals surface area contributed by atoms with Crippen LogP contribution in [0.25, 0.3) is 5.57 Å². The minimum absolute atomic E-state index is 0.0739. The van der Waals surface area contributed by atoms with Crippen molar-refractivity contribution in [3.8, 4) is 0 Å². The van der Waals surface area contributed by atoms with Crippen molar-refractivity contribution in [2.45, 2.75) is 0 Å². The summed E-state index contributed by atoms with van der Waals surface area (Å²) in [6.45, 7) is 0. The lowest BCUT2D eigenvalue weighted by Gasteiger charge is -1.99. The van der Waals surface area contributed by atoms with Gasteiger partial charge >= 0.3 is 0 Å². The van der Waals surface area contributed by atoms with Crippen LogP contribution in [-0.2, 0) is 9.59 Å². The molecule has 0 spiro atoms. The summed E-state index contributed by atoms with van der Waals surface area (Å²) in [7, 11) is 0. The van der Waals surface area contributed by atoms with E-state index in [-0.39, 0.29) is 15.7 Å². The summed E-state index contributed by atoms with van der Waals surface area (Å²) in [5.74, 6) is -1.03. The van der Waals surface area contributed by atoms with E-state index in [2.05, 4.69) is 21.2 Å². The number of nitro groups is 1. The quantitative estimate of drug-likeness (QED) is 0.507. The van der Waals surface area contributed by atoms with Crippen molar-refractivity contribution in [1.82, 2.24) is 5.32 Å². The van der Waals surface area contributed by atoms with E-state index in [9.17, 15) is 19.7 Å². The average molecular weight is 297 g/mol. The van der Waals surface area contributed by atoms with Gasteiger partial charge in [-0.15, -0.1) is 0 Å². The van der Waals surface area contributed by atoms with Crippen molar-refractivity contribution in [2.24, 2.45) is 0 Å². The van der Waals surface area contributed by atoms with Crippen LogP contribution in [0.4, 0.5) is 5.69 Å². The summed E-state index contributed by atoms with van der Waals surface area (Å²) < 4.78 is 0.136. The molecule has 0 radical (unpaired) electrons. The standard InChI is InChI=1S/C10H5BrN2O4/c11-8-7(9(14)12-10(8)15)5-1-3-6(4-2-5)13(16)17/h1-4H,(H,12,14,15). The van der Waals surface area contributed by atoms with Gasteiger partial charge in [0.2, 0.25) is 0 Å². The van der Waals surface area contributed by atoms with Crippen molar-refractivity contribution >= 4 is 39.0 Å². The third-order valence-corrected chi connectivity index (χ3v) is 3.00. The number of nitrogens with zero attached hydrogens (tertiary/aromatic N) is 1. The summed E-state index contributed by atoms with van der Waals surface area (Å²) in [5.41, 5.74) is 0.561. The Balaban J connectivity index is 2.45. The molecule has 1 aliphatic heterocycles. The molecule has 2 amide bonds. The minimum atomic E-state index is -0.535. The third kappa shape index (κ3) is 1.96. The summed E-state index contributed by atoms with van der Waals surface area (Å²) in [6, 6.07) is 5.40. The molecule has 0 unspecified atom stereocenters. The summed E-state index contributed by atoms with van der Waals surface area (Å²) >= 11 is 3.01. The van der Waals surface area contributed by atoms with E-state index in [4.69, 9.17) is 0 Å². The Morgan fingerprint density at radius 1 is 1.12 bits per heavy atom. The Kier molecular flexibility index (Phi) is 2.76. The normalized spacial score (nSPS) is 15.1. The fraction of sp³-hybridized carbons (Fsp3) is 0. The number of rotatable bonds is 2. The molecule has 0 aliphatic carbocycles. The van der Waals surface area contributed by atoms with E-state index in [1.165, 1.54) is 24.3 Å². The molecular formula is C10H5BrN2O4. The fourth-order valence-electron chi connectivity index (χ4n) is 1.44. The molecule has 1 heterocycles. The molecule has 6 nitrogen and oxygen atoms in total. The number of nitrogens with one attached hydrogen (secondary N) is 1. The highest BCUT2D eigenvalue weighted by atomic mass is 79.9. The number of imide groups is 1. The molecule has 86 valence electrons. The molecule has 7 heteroatoms. The summed E-state index contributed by atoms with van der Waals surface area (Å²) in [6.07, 6.45) is 0. The summed E-state index contributed by atoms with van der Waals surface area (Å²) in [5, 5.41) is 12.6. The van der Waals surface area contributed by atoms with Crippen LogP contribution in [0, 0.1) is 10.1 Å². The molecule has 1 aromatic carbocycles. The molecule has 17 heavy (non-hydrogen) atoms. The molecule has 1 N–H and O–H groups in total. The van der Waals surface area contributed by atoms with Crippen molar-refractivity contribution < 1.29 is 14.5 Å². The smallest absolute Gasteiger partial charge is 0.269 e. The summed E-state index contributed by atoms with van der Waals surface area (Å²) in [4.78, 5) is 32.6. The molecule has 0 fully saturated rings. The SMILES string of the molecule is O=C1NC(=O)C(c2ccc([N+](=O)[O-])cc2)=C1Br. The molecule has 0 atom stereocenters. The lowest BCUT2D eigenvalue weighted by Crippen LogP contribution is -2.22. The second-order valence-electron chi connectivity index (χ2n) is 3.28. The number of amides is 2. The third-order valence-electron chi connectivity index (χ3n) is 2.24. The highest BCUT2D eigenvalue weighted by Crippen LogP contribution is 2.28. The predicted molar refractivity (Wildman–Crippen MR) is 62.1 cm³/mol. The van der Waals surface area contributed by atoms with Gasteiger partial charge in [-0.25, -0.2) is 0 Å². The van der Waals surface area contributed by atoms with Gasteiger partial charge in [-0.3, -0.25) is 25.0 Å². The number of hydrogen-bond donors (Lipinski definition) is 1. The van der Waals surface area contributed by atoms with Gasteiger partial charge in [-0.1, -0.05) is 0 Å². The van der Waals surface area contributed by atoms with Crippen LogP contribution in [0.3, 0.4) is 0 Å². The predicted octanol–water partition coefficient (Wildman–Crippen LogP) is 1.36. The number of halogens is 1. The Morgan fingerprint density at radius 3 is 2.12 bits per heavy atom. The minimum Gasteiger partial charge on any atom is -0.288 e.